The minimum atomic E-state index is -0.0546. The standard InChI is InChI=1S/C20H21N3O2S/c1-25-16-6-4-5-15(13-16)21-20(24)23-11-9-14(10-12-23)19-22-17-7-2-3-8-18(17)26-19/h2-8,13-14H,9-12H2,1H3,(H,21,24). The van der Waals surface area contributed by atoms with Crippen molar-refractivity contribution in [1.29, 1.82) is 0 Å². The second kappa shape index (κ2) is 7.33. The van der Waals surface area contributed by atoms with Crippen LogP contribution in [0.1, 0.15) is 23.8 Å². The van der Waals surface area contributed by atoms with Gasteiger partial charge in [0.05, 0.1) is 22.3 Å². The van der Waals surface area contributed by atoms with Crippen LogP contribution in [0.2, 0.25) is 0 Å². The molecule has 2 aromatic carbocycles. The fraction of sp³-hybridized carbons (Fsp3) is 0.300. The van der Waals surface area contributed by atoms with Crippen molar-refractivity contribution in [1.82, 2.24) is 9.88 Å². The highest BCUT2D eigenvalue weighted by Crippen LogP contribution is 2.33. The highest BCUT2D eigenvalue weighted by molar-refractivity contribution is 7.18. The van der Waals surface area contributed by atoms with Crippen LogP contribution in [-0.4, -0.2) is 36.1 Å². The summed E-state index contributed by atoms with van der Waals surface area (Å²) >= 11 is 1.78. The number of piperidine rings is 1. The largest absolute Gasteiger partial charge is 0.497 e. The van der Waals surface area contributed by atoms with Gasteiger partial charge < -0.3 is 15.0 Å². The molecular formula is C20H21N3O2S. The molecule has 0 unspecified atom stereocenters. The van der Waals surface area contributed by atoms with Crippen molar-refractivity contribution in [3.8, 4) is 5.75 Å². The molecule has 0 bridgehead atoms. The van der Waals surface area contributed by atoms with E-state index >= 15 is 0 Å². The lowest BCUT2D eigenvalue weighted by atomic mass is 9.98. The molecule has 1 aliphatic rings. The molecule has 1 aromatic heterocycles. The van der Waals surface area contributed by atoms with E-state index in [1.54, 1.807) is 18.4 Å². The van der Waals surface area contributed by atoms with Gasteiger partial charge in [0.2, 0.25) is 0 Å². The van der Waals surface area contributed by atoms with E-state index in [0.717, 1.165) is 42.9 Å². The van der Waals surface area contributed by atoms with Crippen LogP contribution in [0.5, 0.6) is 5.75 Å². The van der Waals surface area contributed by atoms with Gasteiger partial charge in [-0.05, 0) is 37.1 Å². The van der Waals surface area contributed by atoms with Crippen molar-refractivity contribution >= 4 is 33.3 Å². The lowest BCUT2D eigenvalue weighted by molar-refractivity contribution is 0.194. The Bertz CT molecular complexity index is 883. The van der Waals surface area contributed by atoms with Gasteiger partial charge in [-0.2, -0.15) is 0 Å². The normalized spacial score (nSPS) is 15.2. The van der Waals surface area contributed by atoms with Crippen LogP contribution in [0.4, 0.5) is 10.5 Å². The highest BCUT2D eigenvalue weighted by atomic mass is 32.1. The fourth-order valence-corrected chi connectivity index (χ4v) is 4.43. The number of likely N-dealkylation sites (tertiary alicyclic amines) is 1. The number of ether oxygens (including phenoxy) is 1. The molecular weight excluding hydrogens is 346 g/mol. The summed E-state index contributed by atoms with van der Waals surface area (Å²) in [5.74, 6) is 1.17. The Balaban J connectivity index is 1.37. The van der Waals surface area contributed by atoms with E-state index in [4.69, 9.17) is 9.72 Å². The molecule has 5 nitrogen and oxygen atoms in total. The maximum Gasteiger partial charge on any atom is 0.321 e. The van der Waals surface area contributed by atoms with E-state index in [1.165, 1.54) is 9.71 Å². The van der Waals surface area contributed by atoms with Gasteiger partial charge in [-0.15, -0.1) is 11.3 Å². The van der Waals surface area contributed by atoms with Crippen molar-refractivity contribution in [2.75, 3.05) is 25.5 Å². The molecule has 134 valence electrons. The second-order valence-corrected chi connectivity index (χ2v) is 7.51. The highest BCUT2D eigenvalue weighted by Gasteiger charge is 2.26. The van der Waals surface area contributed by atoms with Crippen LogP contribution < -0.4 is 10.1 Å². The first-order valence-corrected chi connectivity index (χ1v) is 9.60. The molecule has 2 heterocycles. The summed E-state index contributed by atoms with van der Waals surface area (Å²) in [5, 5.41) is 4.15. The number of aromatic nitrogens is 1. The van der Waals surface area contributed by atoms with Gasteiger partial charge in [-0.3, -0.25) is 0 Å². The number of benzene rings is 2. The third-order valence-electron chi connectivity index (χ3n) is 4.76. The van der Waals surface area contributed by atoms with Crippen LogP contribution in [0.25, 0.3) is 10.2 Å². The Hall–Kier alpha value is -2.60. The fourth-order valence-electron chi connectivity index (χ4n) is 3.30. The van der Waals surface area contributed by atoms with Crippen molar-refractivity contribution in [2.24, 2.45) is 0 Å². The molecule has 0 atom stereocenters. The number of carbonyl (C=O) groups is 1. The van der Waals surface area contributed by atoms with Gasteiger partial charge in [0.25, 0.3) is 0 Å². The molecule has 0 aliphatic carbocycles. The maximum atomic E-state index is 12.5. The van der Waals surface area contributed by atoms with Gasteiger partial charge in [-0.1, -0.05) is 18.2 Å². The van der Waals surface area contributed by atoms with Crippen LogP contribution in [0.3, 0.4) is 0 Å². The molecule has 0 saturated carbocycles. The predicted octanol–water partition coefficient (Wildman–Crippen LogP) is 4.72. The Morgan fingerprint density at radius 1 is 1.19 bits per heavy atom. The zero-order valence-corrected chi connectivity index (χ0v) is 15.5. The van der Waals surface area contributed by atoms with Crippen LogP contribution in [0, 0.1) is 0 Å². The second-order valence-electron chi connectivity index (χ2n) is 6.44. The quantitative estimate of drug-likeness (QED) is 0.729. The van der Waals surface area contributed by atoms with Crippen molar-refractivity contribution < 1.29 is 9.53 Å². The molecule has 4 rings (SSSR count). The number of anilines is 1. The first-order valence-electron chi connectivity index (χ1n) is 8.78. The lowest BCUT2D eigenvalue weighted by Crippen LogP contribution is -2.40. The number of thiazole rings is 1. The number of carbonyl (C=O) groups excluding carboxylic acids is 1. The number of fused-ring (bicyclic) bond motifs is 1. The van der Waals surface area contributed by atoms with E-state index < -0.39 is 0 Å². The molecule has 1 fully saturated rings. The van der Waals surface area contributed by atoms with Crippen molar-refractivity contribution in [3.63, 3.8) is 0 Å². The van der Waals surface area contributed by atoms with Gasteiger partial charge in [0.15, 0.2) is 0 Å². The summed E-state index contributed by atoms with van der Waals surface area (Å²) in [6.45, 7) is 1.49. The number of hydrogen-bond acceptors (Lipinski definition) is 4. The Morgan fingerprint density at radius 2 is 2.00 bits per heavy atom. The molecule has 2 amide bonds. The number of para-hydroxylation sites is 1. The number of nitrogens with zero attached hydrogens (tertiary/aromatic N) is 2. The molecule has 1 N–H and O–H groups in total. The SMILES string of the molecule is COc1cccc(NC(=O)N2CCC(c3nc4ccccc4s3)CC2)c1. The first-order chi connectivity index (χ1) is 12.7. The zero-order chi connectivity index (χ0) is 17.9. The van der Waals surface area contributed by atoms with E-state index in [-0.39, 0.29) is 6.03 Å². The number of hydrogen-bond donors (Lipinski definition) is 1. The van der Waals surface area contributed by atoms with Gasteiger partial charge in [0.1, 0.15) is 5.75 Å². The lowest BCUT2D eigenvalue weighted by Gasteiger charge is -2.31. The summed E-state index contributed by atoms with van der Waals surface area (Å²) in [7, 11) is 1.62. The number of rotatable bonds is 3. The number of urea groups is 1. The molecule has 1 saturated heterocycles. The maximum absolute atomic E-state index is 12.5. The summed E-state index contributed by atoms with van der Waals surface area (Å²) in [5.41, 5.74) is 1.83. The molecule has 1 aliphatic heterocycles. The third kappa shape index (κ3) is 3.51. The monoisotopic (exact) mass is 367 g/mol. The van der Waals surface area contributed by atoms with E-state index in [0.29, 0.717) is 5.92 Å². The molecule has 6 heteroatoms. The van der Waals surface area contributed by atoms with Gasteiger partial charge in [0, 0.05) is 30.8 Å². The summed E-state index contributed by atoms with van der Waals surface area (Å²) in [6, 6.07) is 15.6. The molecule has 26 heavy (non-hydrogen) atoms. The van der Waals surface area contributed by atoms with Crippen molar-refractivity contribution in [3.05, 3.63) is 53.5 Å². The van der Waals surface area contributed by atoms with Crippen molar-refractivity contribution in [2.45, 2.75) is 18.8 Å². The number of nitrogens with one attached hydrogen (secondary N) is 1. The molecule has 0 spiro atoms. The van der Waals surface area contributed by atoms with E-state index in [1.807, 2.05) is 35.2 Å². The minimum absolute atomic E-state index is 0.0546. The first kappa shape index (κ1) is 16.8. The summed E-state index contributed by atoms with van der Waals surface area (Å²) in [4.78, 5) is 19.2. The average Bonchev–Trinajstić information content (AvgIpc) is 3.12. The molecule has 3 aromatic rings. The van der Waals surface area contributed by atoms with Crippen LogP contribution in [-0.2, 0) is 0 Å². The Kier molecular flexibility index (Phi) is 4.75. The zero-order valence-electron chi connectivity index (χ0n) is 14.6. The minimum Gasteiger partial charge on any atom is -0.497 e. The Labute approximate surface area is 156 Å². The van der Waals surface area contributed by atoms with Crippen LogP contribution >= 0.6 is 11.3 Å². The van der Waals surface area contributed by atoms with Gasteiger partial charge in [-0.25, -0.2) is 9.78 Å². The van der Waals surface area contributed by atoms with E-state index in [2.05, 4.69) is 23.5 Å². The number of amides is 2. The summed E-state index contributed by atoms with van der Waals surface area (Å²) < 4.78 is 6.44. The van der Waals surface area contributed by atoms with Gasteiger partial charge >= 0.3 is 6.03 Å². The van der Waals surface area contributed by atoms with E-state index in [9.17, 15) is 4.79 Å². The topological polar surface area (TPSA) is 54.5 Å². The average molecular weight is 367 g/mol. The summed E-state index contributed by atoms with van der Waals surface area (Å²) in [6.07, 6.45) is 1.90. The third-order valence-corrected chi connectivity index (χ3v) is 5.96. The smallest absolute Gasteiger partial charge is 0.321 e. The predicted molar refractivity (Wildman–Crippen MR) is 105 cm³/mol. The number of methoxy groups -OCH3 is 1. The van der Waals surface area contributed by atoms with Crippen LogP contribution in [0.15, 0.2) is 48.5 Å². The molecule has 0 radical (unpaired) electrons. The Morgan fingerprint density at radius 3 is 2.77 bits per heavy atom.